The number of ketones is 1. The van der Waals surface area contributed by atoms with Gasteiger partial charge in [-0.25, -0.2) is 4.79 Å². The van der Waals surface area contributed by atoms with Gasteiger partial charge in [-0.3, -0.25) is 4.79 Å². The molecule has 0 aliphatic heterocycles. The molecule has 4 heteroatoms. The smallest absolute Gasteiger partial charge is 0.355 e. The van der Waals surface area contributed by atoms with Gasteiger partial charge in [0.25, 0.3) is 0 Å². The predicted octanol–water partition coefficient (Wildman–Crippen LogP) is 1.62. The lowest BCUT2D eigenvalue weighted by molar-refractivity contribution is 0.0591. The van der Waals surface area contributed by atoms with Gasteiger partial charge in [-0.2, -0.15) is 0 Å². The molecule has 4 nitrogen and oxygen atoms in total. The van der Waals surface area contributed by atoms with Crippen molar-refractivity contribution < 1.29 is 14.3 Å². The van der Waals surface area contributed by atoms with Crippen LogP contribution in [0, 0.1) is 13.8 Å². The highest BCUT2D eigenvalue weighted by Gasteiger charge is 2.21. The van der Waals surface area contributed by atoms with Gasteiger partial charge in [0.1, 0.15) is 5.69 Å². The molecule has 0 fully saturated rings. The van der Waals surface area contributed by atoms with E-state index in [1.165, 1.54) is 14.0 Å². The quantitative estimate of drug-likeness (QED) is 0.576. The topological polar surface area (TPSA) is 59.2 Å². The zero-order chi connectivity index (χ0) is 10.9. The molecular formula is C10H13NO3. The molecular weight excluding hydrogens is 182 g/mol. The fourth-order valence-electron chi connectivity index (χ4n) is 1.41. The number of hydrogen-bond acceptors (Lipinski definition) is 3. The predicted molar refractivity (Wildman–Crippen MR) is 51.6 cm³/mol. The van der Waals surface area contributed by atoms with E-state index in [1.54, 1.807) is 6.92 Å². The second-order valence-electron chi connectivity index (χ2n) is 3.17. The van der Waals surface area contributed by atoms with Crippen molar-refractivity contribution in [1.82, 2.24) is 4.98 Å². The number of esters is 1. The lowest BCUT2D eigenvalue weighted by Crippen LogP contribution is -2.08. The van der Waals surface area contributed by atoms with E-state index < -0.39 is 5.97 Å². The van der Waals surface area contributed by atoms with E-state index in [0.717, 1.165) is 11.3 Å². The van der Waals surface area contributed by atoms with Crippen LogP contribution in [0.15, 0.2) is 0 Å². The van der Waals surface area contributed by atoms with Crippen LogP contribution >= 0.6 is 0 Å². The molecule has 1 N–H and O–H groups in total. The SMILES string of the molecule is COC(=O)c1[nH]c(C)c(C)c1C(C)=O. The van der Waals surface area contributed by atoms with Gasteiger partial charge in [-0.15, -0.1) is 0 Å². The molecule has 1 rings (SSSR count). The number of aryl methyl sites for hydroxylation is 1. The Labute approximate surface area is 82.3 Å². The van der Waals surface area contributed by atoms with Gasteiger partial charge in [-0.05, 0) is 26.3 Å². The first-order valence-corrected chi connectivity index (χ1v) is 4.27. The molecule has 0 unspecified atom stereocenters. The third-order valence-electron chi connectivity index (χ3n) is 2.24. The molecule has 0 amide bonds. The minimum absolute atomic E-state index is 0.132. The van der Waals surface area contributed by atoms with Crippen LogP contribution in [0.25, 0.3) is 0 Å². The maximum atomic E-state index is 11.3. The van der Waals surface area contributed by atoms with Crippen LogP contribution in [0.4, 0.5) is 0 Å². The number of rotatable bonds is 2. The molecule has 0 saturated carbocycles. The second kappa shape index (κ2) is 3.65. The highest BCUT2D eigenvalue weighted by atomic mass is 16.5. The van der Waals surface area contributed by atoms with E-state index in [1.807, 2.05) is 6.92 Å². The zero-order valence-corrected chi connectivity index (χ0v) is 8.72. The molecule has 0 atom stereocenters. The molecule has 1 heterocycles. The van der Waals surface area contributed by atoms with Crippen LogP contribution in [0.1, 0.15) is 39.0 Å². The highest BCUT2D eigenvalue weighted by molar-refractivity contribution is 6.05. The number of aromatic amines is 1. The van der Waals surface area contributed by atoms with E-state index in [-0.39, 0.29) is 11.5 Å². The Balaban J connectivity index is 3.36. The Morgan fingerprint density at radius 3 is 2.29 bits per heavy atom. The summed E-state index contributed by atoms with van der Waals surface area (Å²) in [5, 5.41) is 0. The number of nitrogens with one attached hydrogen (secondary N) is 1. The minimum atomic E-state index is -0.508. The molecule has 1 aromatic rings. The minimum Gasteiger partial charge on any atom is -0.464 e. The third kappa shape index (κ3) is 1.55. The van der Waals surface area contributed by atoms with Gasteiger partial charge < -0.3 is 9.72 Å². The number of carbonyl (C=O) groups is 2. The second-order valence-corrected chi connectivity index (χ2v) is 3.17. The van der Waals surface area contributed by atoms with Gasteiger partial charge in [0.2, 0.25) is 0 Å². The zero-order valence-electron chi connectivity index (χ0n) is 8.72. The van der Waals surface area contributed by atoms with Crippen molar-refractivity contribution >= 4 is 11.8 Å². The maximum absolute atomic E-state index is 11.3. The van der Waals surface area contributed by atoms with Crippen molar-refractivity contribution in [2.75, 3.05) is 7.11 Å². The summed E-state index contributed by atoms with van der Waals surface area (Å²) in [6, 6.07) is 0. The van der Waals surface area contributed by atoms with E-state index in [9.17, 15) is 9.59 Å². The Morgan fingerprint density at radius 1 is 1.29 bits per heavy atom. The molecule has 0 aromatic carbocycles. The summed E-state index contributed by atoms with van der Waals surface area (Å²) in [5.41, 5.74) is 2.29. The van der Waals surface area contributed by atoms with Crippen molar-refractivity contribution in [3.63, 3.8) is 0 Å². The Bertz CT molecular complexity index is 390. The first kappa shape index (κ1) is 10.5. The first-order chi connectivity index (χ1) is 6.49. The fourth-order valence-corrected chi connectivity index (χ4v) is 1.41. The lowest BCUT2D eigenvalue weighted by atomic mass is 10.1. The summed E-state index contributed by atoms with van der Waals surface area (Å²) in [7, 11) is 1.29. The van der Waals surface area contributed by atoms with Crippen molar-refractivity contribution in [3.05, 3.63) is 22.5 Å². The molecule has 0 bridgehead atoms. The lowest BCUT2D eigenvalue weighted by Gasteiger charge is -1.99. The third-order valence-corrected chi connectivity index (χ3v) is 2.24. The number of H-pyrrole nitrogens is 1. The molecule has 14 heavy (non-hydrogen) atoms. The van der Waals surface area contributed by atoms with Gasteiger partial charge in [0.15, 0.2) is 5.78 Å². The molecule has 0 aliphatic rings. The van der Waals surface area contributed by atoms with Crippen LogP contribution in [0.5, 0.6) is 0 Å². The number of hydrogen-bond donors (Lipinski definition) is 1. The molecule has 0 radical (unpaired) electrons. The summed E-state index contributed by atoms with van der Waals surface area (Å²) in [6.07, 6.45) is 0. The van der Waals surface area contributed by atoms with E-state index >= 15 is 0 Å². The monoisotopic (exact) mass is 195 g/mol. The Hall–Kier alpha value is -1.58. The normalized spacial score (nSPS) is 10.0. The summed E-state index contributed by atoms with van der Waals surface area (Å²) in [4.78, 5) is 25.4. The summed E-state index contributed by atoms with van der Waals surface area (Å²) in [5.74, 6) is -0.640. The average molecular weight is 195 g/mol. The molecule has 0 saturated heterocycles. The van der Waals surface area contributed by atoms with Crippen LogP contribution in [-0.2, 0) is 4.74 Å². The van der Waals surface area contributed by atoms with E-state index in [2.05, 4.69) is 9.72 Å². The number of aromatic nitrogens is 1. The van der Waals surface area contributed by atoms with Crippen LogP contribution in [-0.4, -0.2) is 23.8 Å². The van der Waals surface area contributed by atoms with Gasteiger partial charge in [0, 0.05) is 5.69 Å². The van der Waals surface area contributed by atoms with Crippen molar-refractivity contribution in [3.8, 4) is 0 Å². The number of Topliss-reactive ketones (excluding diaryl/α,β-unsaturated/α-hetero) is 1. The largest absolute Gasteiger partial charge is 0.464 e. The highest BCUT2D eigenvalue weighted by Crippen LogP contribution is 2.18. The molecule has 0 spiro atoms. The van der Waals surface area contributed by atoms with E-state index in [4.69, 9.17) is 0 Å². The van der Waals surface area contributed by atoms with Crippen molar-refractivity contribution in [2.45, 2.75) is 20.8 Å². The standard InChI is InChI=1S/C10H13NO3/c1-5-6(2)11-9(10(13)14-4)8(5)7(3)12/h11H,1-4H3. The first-order valence-electron chi connectivity index (χ1n) is 4.27. The summed E-state index contributed by atoms with van der Waals surface area (Å²) < 4.78 is 4.57. The maximum Gasteiger partial charge on any atom is 0.355 e. The summed E-state index contributed by atoms with van der Waals surface area (Å²) in [6.45, 7) is 5.05. The molecule has 1 aromatic heterocycles. The van der Waals surface area contributed by atoms with Crippen LogP contribution < -0.4 is 0 Å². The Kier molecular flexibility index (Phi) is 2.74. The van der Waals surface area contributed by atoms with Crippen LogP contribution in [0.3, 0.4) is 0 Å². The van der Waals surface area contributed by atoms with E-state index in [0.29, 0.717) is 5.56 Å². The van der Waals surface area contributed by atoms with Crippen molar-refractivity contribution in [2.24, 2.45) is 0 Å². The average Bonchev–Trinajstić information content (AvgIpc) is 2.42. The van der Waals surface area contributed by atoms with Gasteiger partial charge in [0.05, 0.1) is 12.7 Å². The fraction of sp³-hybridized carbons (Fsp3) is 0.400. The number of methoxy groups -OCH3 is 1. The number of ether oxygens (including phenoxy) is 1. The molecule has 76 valence electrons. The van der Waals surface area contributed by atoms with Crippen LogP contribution in [0.2, 0.25) is 0 Å². The Morgan fingerprint density at radius 2 is 1.86 bits per heavy atom. The number of carbonyl (C=O) groups excluding carboxylic acids is 2. The summed E-state index contributed by atoms with van der Waals surface area (Å²) >= 11 is 0. The van der Waals surface area contributed by atoms with Gasteiger partial charge in [-0.1, -0.05) is 0 Å². The molecule has 0 aliphatic carbocycles. The van der Waals surface area contributed by atoms with Crippen molar-refractivity contribution in [1.29, 1.82) is 0 Å². The van der Waals surface area contributed by atoms with Gasteiger partial charge >= 0.3 is 5.97 Å².